The van der Waals surface area contributed by atoms with Crippen molar-refractivity contribution in [2.24, 2.45) is 0 Å². The normalized spacial score (nSPS) is 18.7. The quantitative estimate of drug-likeness (QED) is 0.662. The van der Waals surface area contributed by atoms with E-state index in [0.717, 1.165) is 10.6 Å². The molecule has 1 unspecified atom stereocenters. The van der Waals surface area contributed by atoms with Gasteiger partial charge in [-0.3, -0.25) is 9.80 Å². The molecule has 0 saturated carbocycles. The van der Waals surface area contributed by atoms with Gasteiger partial charge in [0.15, 0.2) is 9.84 Å². The third-order valence-corrected chi connectivity index (χ3v) is 7.30. The van der Waals surface area contributed by atoms with Crippen molar-refractivity contribution < 1.29 is 13.2 Å². The molecular formula is C18H22ClN3O3S2. The number of aromatic nitrogens is 1. The Hall–Kier alpha value is -1.48. The molecule has 9 heteroatoms. The number of amides is 1. The Morgan fingerprint density at radius 3 is 2.78 bits per heavy atom. The maximum absolute atomic E-state index is 12.8. The molecule has 0 spiro atoms. The molecule has 1 fully saturated rings. The van der Waals surface area contributed by atoms with E-state index in [4.69, 9.17) is 11.6 Å². The number of hydrogen-bond donors (Lipinski definition) is 0. The van der Waals surface area contributed by atoms with Crippen LogP contribution in [0.2, 0.25) is 5.02 Å². The molecule has 146 valence electrons. The van der Waals surface area contributed by atoms with Gasteiger partial charge in [0.1, 0.15) is 0 Å². The van der Waals surface area contributed by atoms with E-state index in [0.29, 0.717) is 23.6 Å². The van der Waals surface area contributed by atoms with Crippen molar-refractivity contribution in [2.75, 3.05) is 25.6 Å². The third-order valence-electron chi connectivity index (χ3n) is 4.42. The minimum absolute atomic E-state index is 0.0218. The van der Waals surface area contributed by atoms with Gasteiger partial charge in [-0.25, -0.2) is 18.4 Å². The lowest BCUT2D eigenvalue weighted by Gasteiger charge is -2.33. The predicted octanol–water partition coefficient (Wildman–Crippen LogP) is 2.42. The molecule has 1 amide bonds. The van der Waals surface area contributed by atoms with Crippen LogP contribution in [0.1, 0.15) is 22.7 Å². The average molecular weight is 428 g/mol. The second kappa shape index (κ2) is 8.26. The van der Waals surface area contributed by atoms with Gasteiger partial charge >= 0.3 is 0 Å². The SMILES string of the molecule is CN(C)N(C(=O)Cc1csc(Cc2cccc(Cl)c2)n1)C1CCS(=O)(=O)C1. The first-order valence-electron chi connectivity index (χ1n) is 8.61. The van der Waals surface area contributed by atoms with E-state index in [-0.39, 0.29) is 29.9 Å². The van der Waals surface area contributed by atoms with Gasteiger partial charge < -0.3 is 0 Å². The zero-order valence-electron chi connectivity index (χ0n) is 15.3. The number of rotatable bonds is 6. The van der Waals surface area contributed by atoms with Crippen LogP contribution in [0, 0.1) is 0 Å². The third kappa shape index (κ3) is 5.28. The van der Waals surface area contributed by atoms with Crippen LogP contribution in [0.3, 0.4) is 0 Å². The molecule has 0 radical (unpaired) electrons. The summed E-state index contributed by atoms with van der Waals surface area (Å²) in [7, 11) is 0.457. The van der Waals surface area contributed by atoms with Gasteiger partial charge in [-0.1, -0.05) is 23.7 Å². The van der Waals surface area contributed by atoms with Gasteiger partial charge in [0.25, 0.3) is 0 Å². The number of carbonyl (C=O) groups excluding carboxylic acids is 1. The van der Waals surface area contributed by atoms with Gasteiger partial charge in [-0.05, 0) is 24.1 Å². The van der Waals surface area contributed by atoms with E-state index < -0.39 is 9.84 Å². The monoisotopic (exact) mass is 427 g/mol. The lowest BCUT2D eigenvalue weighted by Crippen LogP contribution is -2.50. The van der Waals surface area contributed by atoms with Crippen LogP contribution in [0.5, 0.6) is 0 Å². The lowest BCUT2D eigenvalue weighted by molar-refractivity contribution is -0.148. The standard InChI is InChI=1S/C18H22ClN3O3S2/c1-21(2)22(16-6-7-27(24,25)12-16)18(23)10-15-11-26-17(20-15)9-13-4-3-5-14(19)8-13/h3-5,8,11,16H,6-7,9-10,12H2,1-2H3. The number of halogens is 1. The van der Waals surface area contributed by atoms with Gasteiger partial charge in [0.2, 0.25) is 5.91 Å². The summed E-state index contributed by atoms with van der Waals surface area (Å²) in [6.07, 6.45) is 1.29. The molecule has 1 aromatic carbocycles. The predicted molar refractivity (Wildman–Crippen MR) is 108 cm³/mol. The number of nitrogens with zero attached hydrogens (tertiary/aromatic N) is 3. The Bertz CT molecular complexity index is 927. The average Bonchev–Trinajstić information content (AvgIpc) is 3.13. The molecule has 1 atom stereocenters. The van der Waals surface area contributed by atoms with Crippen molar-refractivity contribution in [2.45, 2.75) is 25.3 Å². The molecule has 0 aliphatic carbocycles. The highest BCUT2D eigenvalue weighted by molar-refractivity contribution is 7.91. The molecule has 1 aromatic heterocycles. The topological polar surface area (TPSA) is 70.6 Å². The fourth-order valence-corrected chi connectivity index (χ4v) is 6.02. The van der Waals surface area contributed by atoms with E-state index in [1.54, 1.807) is 24.1 Å². The molecule has 0 N–H and O–H groups in total. The molecule has 0 bridgehead atoms. The van der Waals surface area contributed by atoms with Crippen molar-refractivity contribution in [3.8, 4) is 0 Å². The highest BCUT2D eigenvalue weighted by atomic mass is 35.5. The van der Waals surface area contributed by atoms with Gasteiger partial charge in [-0.15, -0.1) is 11.3 Å². The minimum atomic E-state index is -3.06. The highest BCUT2D eigenvalue weighted by Gasteiger charge is 2.36. The molecule has 2 heterocycles. The number of benzene rings is 1. The van der Waals surface area contributed by atoms with Crippen LogP contribution < -0.4 is 0 Å². The summed E-state index contributed by atoms with van der Waals surface area (Å²) in [6.45, 7) is 0. The van der Waals surface area contributed by atoms with Crippen LogP contribution in [0.4, 0.5) is 0 Å². The number of carbonyl (C=O) groups is 1. The first kappa shape index (κ1) is 20.3. The van der Waals surface area contributed by atoms with Crippen LogP contribution in [0.25, 0.3) is 0 Å². The first-order valence-corrected chi connectivity index (χ1v) is 11.7. The number of hydrazine groups is 1. The Morgan fingerprint density at radius 1 is 1.37 bits per heavy atom. The van der Waals surface area contributed by atoms with Gasteiger partial charge in [0, 0.05) is 30.9 Å². The Balaban J connectivity index is 1.67. The zero-order valence-corrected chi connectivity index (χ0v) is 17.6. The van der Waals surface area contributed by atoms with E-state index >= 15 is 0 Å². The zero-order chi connectivity index (χ0) is 19.6. The molecule has 1 saturated heterocycles. The van der Waals surface area contributed by atoms with Crippen LogP contribution in [-0.4, -0.2) is 61.0 Å². The summed E-state index contributed by atoms with van der Waals surface area (Å²) in [5, 5.41) is 6.72. The number of sulfone groups is 1. The van der Waals surface area contributed by atoms with E-state index in [1.165, 1.54) is 11.3 Å². The molecule has 6 nitrogen and oxygen atoms in total. The summed E-state index contributed by atoms with van der Waals surface area (Å²) in [5.41, 5.74) is 1.77. The second-order valence-electron chi connectivity index (χ2n) is 6.86. The summed E-state index contributed by atoms with van der Waals surface area (Å²) in [6, 6.07) is 7.33. The van der Waals surface area contributed by atoms with Crippen molar-refractivity contribution >= 4 is 38.7 Å². The van der Waals surface area contributed by atoms with Crippen LogP contribution in [0.15, 0.2) is 29.6 Å². The van der Waals surface area contributed by atoms with E-state index in [9.17, 15) is 13.2 Å². The minimum Gasteiger partial charge on any atom is -0.273 e. The van der Waals surface area contributed by atoms with Crippen LogP contribution in [-0.2, 0) is 27.5 Å². The second-order valence-corrected chi connectivity index (χ2v) is 10.5. The lowest BCUT2D eigenvalue weighted by atomic mass is 10.2. The maximum atomic E-state index is 12.8. The summed E-state index contributed by atoms with van der Waals surface area (Å²) >= 11 is 7.53. The number of thiazole rings is 1. The van der Waals surface area contributed by atoms with Crippen molar-refractivity contribution in [1.29, 1.82) is 0 Å². The molecule has 27 heavy (non-hydrogen) atoms. The Morgan fingerprint density at radius 2 is 2.15 bits per heavy atom. The summed E-state index contributed by atoms with van der Waals surface area (Å²) < 4.78 is 23.5. The smallest absolute Gasteiger partial charge is 0.243 e. The number of hydrogen-bond acceptors (Lipinski definition) is 6. The summed E-state index contributed by atoms with van der Waals surface area (Å²) in [4.78, 5) is 17.4. The molecule has 1 aliphatic rings. The van der Waals surface area contributed by atoms with E-state index in [2.05, 4.69) is 4.98 Å². The fourth-order valence-electron chi connectivity index (χ4n) is 3.29. The Kier molecular flexibility index (Phi) is 6.20. The largest absolute Gasteiger partial charge is 0.273 e. The molecule has 1 aliphatic heterocycles. The molecule has 2 aromatic rings. The Labute approximate surface area is 168 Å². The fraction of sp³-hybridized carbons (Fsp3) is 0.444. The van der Waals surface area contributed by atoms with Gasteiger partial charge in [0.05, 0.1) is 34.7 Å². The van der Waals surface area contributed by atoms with Crippen molar-refractivity contribution in [3.05, 3.63) is 50.9 Å². The first-order chi connectivity index (χ1) is 12.7. The van der Waals surface area contributed by atoms with Crippen LogP contribution >= 0.6 is 22.9 Å². The maximum Gasteiger partial charge on any atom is 0.243 e. The highest BCUT2D eigenvalue weighted by Crippen LogP contribution is 2.21. The summed E-state index contributed by atoms with van der Waals surface area (Å²) in [5.74, 6) is 0.0192. The van der Waals surface area contributed by atoms with Crippen molar-refractivity contribution in [1.82, 2.24) is 15.0 Å². The molecule has 3 rings (SSSR count). The van der Waals surface area contributed by atoms with E-state index in [1.807, 2.05) is 29.6 Å². The molecular weight excluding hydrogens is 406 g/mol. The van der Waals surface area contributed by atoms with Gasteiger partial charge in [-0.2, -0.15) is 0 Å². The van der Waals surface area contributed by atoms with Crippen molar-refractivity contribution in [3.63, 3.8) is 0 Å².